The minimum Gasteiger partial charge on any atom is -0.481 e. The highest BCUT2D eigenvalue weighted by Crippen LogP contribution is 2.35. The maximum atomic E-state index is 12.6. The van der Waals surface area contributed by atoms with Crippen molar-refractivity contribution >= 4 is 34.6 Å². The highest BCUT2D eigenvalue weighted by atomic mass is 35.5. The molecule has 11 heteroatoms. The standard InChI is InChI=1S/C24H24ClN5O4S/c1-32-24-26-11-16(12-27-24)33-13-22(31)30-8-6-15(7-9-30)23-28-20(14-35-23)19-10-21(34-29-19)17-4-2-3-5-18(17)25/h2-5,11-12,14-15,21H,6-10,13H2,1H3. The second-order valence-electron chi connectivity index (χ2n) is 8.28. The molecule has 1 atom stereocenters. The normalized spacial score (nSPS) is 18.2. The monoisotopic (exact) mass is 513 g/mol. The molecule has 0 N–H and O–H groups in total. The van der Waals surface area contributed by atoms with Crippen LogP contribution >= 0.6 is 22.9 Å². The Morgan fingerprint density at radius 3 is 2.74 bits per heavy atom. The number of amides is 1. The third kappa shape index (κ3) is 5.38. The second-order valence-corrected chi connectivity index (χ2v) is 9.57. The first-order valence-electron chi connectivity index (χ1n) is 11.3. The van der Waals surface area contributed by atoms with E-state index in [1.165, 1.54) is 19.5 Å². The summed E-state index contributed by atoms with van der Waals surface area (Å²) < 4.78 is 10.4. The Balaban J connectivity index is 1.11. The molecule has 182 valence electrons. The van der Waals surface area contributed by atoms with Crippen LogP contribution < -0.4 is 9.47 Å². The van der Waals surface area contributed by atoms with Crippen molar-refractivity contribution in [3.8, 4) is 11.8 Å². The number of carbonyl (C=O) groups is 1. The van der Waals surface area contributed by atoms with Crippen LogP contribution in [0.2, 0.25) is 5.02 Å². The highest BCUT2D eigenvalue weighted by Gasteiger charge is 2.29. The van der Waals surface area contributed by atoms with Crippen molar-refractivity contribution in [3.63, 3.8) is 0 Å². The molecule has 1 fully saturated rings. The van der Waals surface area contributed by atoms with Gasteiger partial charge in [-0.15, -0.1) is 11.3 Å². The Labute approximate surface area is 211 Å². The summed E-state index contributed by atoms with van der Waals surface area (Å²) in [4.78, 5) is 32.8. The smallest absolute Gasteiger partial charge is 0.316 e. The van der Waals surface area contributed by atoms with Crippen molar-refractivity contribution in [2.24, 2.45) is 5.16 Å². The minimum absolute atomic E-state index is 0.0474. The fourth-order valence-electron chi connectivity index (χ4n) is 4.14. The molecule has 0 aliphatic carbocycles. The van der Waals surface area contributed by atoms with Gasteiger partial charge in [0.15, 0.2) is 18.5 Å². The van der Waals surface area contributed by atoms with Crippen LogP contribution in [0.4, 0.5) is 0 Å². The molecule has 1 aromatic carbocycles. The van der Waals surface area contributed by atoms with Gasteiger partial charge in [0.1, 0.15) is 5.71 Å². The summed E-state index contributed by atoms with van der Waals surface area (Å²) in [5.74, 6) is 0.693. The van der Waals surface area contributed by atoms with Gasteiger partial charge in [0, 0.05) is 41.4 Å². The predicted octanol–water partition coefficient (Wildman–Crippen LogP) is 4.25. The number of rotatable bonds is 7. The summed E-state index contributed by atoms with van der Waals surface area (Å²) >= 11 is 7.95. The molecule has 35 heavy (non-hydrogen) atoms. The Morgan fingerprint density at radius 1 is 1.23 bits per heavy atom. The van der Waals surface area contributed by atoms with E-state index in [4.69, 9.17) is 30.9 Å². The SMILES string of the molecule is COc1ncc(OCC(=O)N2CCC(c3nc(C4=NOC(c5ccccc5Cl)C4)cs3)CC2)cn1. The number of aromatic nitrogens is 3. The average Bonchev–Trinajstić information content (AvgIpc) is 3.58. The summed E-state index contributed by atoms with van der Waals surface area (Å²) in [6.45, 7) is 1.28. The molecule has 0 spiro atoms. The molecular formula is C24H24ClN5O4S. The van der Waals surface area contributed by atoms with E-state index in [1.807, 2.05) is 34.5 Å². The van der Waals surface area contributed by atoms with Gasteiger partial charge < -0.3 is 19.2 Å². The number of hydrogen-bond acceptors (Lipinski definition) is 9. The van der Waals surface area contributed by atoms with E-state index in [2.05, 4.69) is 15.1 Å². The van der Waals surface area contributed by atoms with E-state index in [-0.39, 0.29) is 24.6 Å². The topological polar surface area (TPSA) is 99.0 Å². The van der Waals surface area contributed by atoms with Gasteiger partial charge in [0.05, 0.1) is 30.2 Å². The van der Waals surface area contributed by atoms with Gasteiger partial charge in [-0.25, -0.2) is 4.98 Å². The zero-order valence-corrected chi connectivity index (χ0v) is 20.7. The minimum atomic E-state index is -0.190. The van der Waals surface area contributed by atoms with Crippen LogP contribution in [-0.4, -0.2) is 58.3 Å². The van der Waals surface area contributed by atoms with Crippen molar-refractivity contribution in [1.82, 2.24) is 19.9 Å². The molecule has 2 aliphatic heterocycles. The van der Waals surface area contributed by atoms with Crippen molar-refractivity contribution in [1.29, 1.82) is 0 Å². The molecule has 4 heterocycles. The molecule has 0 saturated carbocycles. The molecule has 1 amide bonds. The lowest BCUT2D eigenvalue weighted by Crippen LogP contribution is -2.40. The van der Waals surface area contributed by atoms with Crippen molar-refractivity contribution in [3.05, 3.63) is 63.3 Å². The lowest BCUT2D eigenvalue weighted by molar-refractivity contribution is -0.134. The maximum Gasteiger partial charge on any atom is 0.316 e. The van der Waals surface area contributed by atoms with Gasteiger partial charge in [-0.3, -0.25) is 4.79 Å². The number of halogens is 1. The van der Waals surface area contributed by atoms with Gasteiger partial charge in [0.2, 0.25) is 0 Å². The number of carbonyl (C=O) groups excluding carboxylic acids is 1. The van der Waals surface area contributed by atoms with Gasteiger partial charge in [0.25, 0.3) is 5.91 Å². The Kier molecular flexibility index (Phi) is 7.10. The van der Waals surface area contributed by atoms with Crippen molar-refractivity contribution in [2.45, 2.75) is 31.3 Å². The third-order valence-corrected chi connectivity index (χ3v) is 7.44. The van der Waals surface area contributed by atoms with E-state index in [1.54, 1.807) is 11.3 Å². The first-order valence-corrected chi connectivity index (χ1v) is 12.6. The summed E-state index contributed by atoms with van der Waals surface area (Å²) in [5, 5.41) is 8.06. The zero-order chi connectivity index (χ0) is 24.2. The molecule has 9 nitrogen and oxygen atoms in total. The molecule has 3 aromatic rings. The van der Waals surface area contributed by atoms with E-state index in [0.29, 0.717) is 36.2 Å². The van der Waals surface area contributed by atoms with Crippen LogP contribution in [0, 0.1) is 0 Å². The number of methoxy groups -OCH3 is 1. The van der Waals surface area contributed by atoms with Crippen LogP contribution in [0.5, 0.6) is 11.8 Å². The maximum absolute atomic E-state index is 12.6. The molecule has 5 rings (SSSR count). The van der Waals surface area contributed by atoms with Crippen LogP contribution in [0.15, 0.2) is 47.2 Å². The quantitative estimate of drug-likeness (QED) is 0.465. The molecule has 2 aliphatic rings. The van der Waals surface area contributed by atoms with Gasteiger partial charge >= 0.3 is 6.01 Å². The number of thiazole rings is 1. The predicted molar refractivity (Wildman–Crippen MR) is 131 cm³/mol. The Hall–Kier alpha value is -3.24. The van der Waals surface area contributed by atoms with Crippen LogP contribution in [0.25, 0.3) is 0 Å². The fraction of sp³-hybridized carbons (Fsp3) is 0.375. The summed E-state index contributed by atoms with van der Waals surface area (Å²) in [7, 11) is 1.49. The first kappa shape index (κ1) is 23.5. The summed E-state index contributed by atoms with van der Waals surface area (Å²) in [6.07, 6.45) is 5.14. The second kappa shape index (κ2) is 10.6. The lowest BCUT2D eigenvalue weighted by Gasteiger charge is -2.31. The average molecular weight is 514 g/mol. The molecule has 0 bridgehead atoms. The Morgan fingerprint density at radius 2 is 2.00 bits per heavy atom. The van der Waals surface area contributed by atoms with Gasteiger partial charge in [-0.1, -0.05) is 35.0 Å². The molecule has 1 unspecified atom stereocenters. The number of benzene rings is 1. The van der Waals surface area contributed by atoms with Crippen LogP contribution in [0.3, 0.4) is 0 Å². The first-order chi connectivity index (χ1) is 17.1. The fourth-order valence-corrected chi connectivity index (χ4v) is 5.39. The number of nitrogens with zero attached hydrogens (tertiary/aromatic N) is 5. The zero-order valence-electron chi connectivity index (χ0n) is 19.1. The van der Waals surface area contributed by atoms with E-state index in [0.717, 1.165) is 34.8 Å². The molecule has 0 radical (unpaired) electrons. The van der Waals surface area contributed by atoms with Crippen molar-refractivity contribution in [2.75, 3.05) is 26.8 Å². The number of oxime groups is 1. The lowest BCUT2D eigenvalue weighted by atomic mass is 9.97. The van der Waals surface area contributed by atoms with Crippen molar-refractivity contribution < 1.29 is 19.1 Å². The van der Waals surface area contributed by atoms with Crippen LogP contribution in [-0.2, 0) is 9.63 Å². The number of hydrogen-bond donors (Lipinski definition) is 0. The summed E-state index contributed by atoms with van der Waals surface area (Å²) in [6, 6.07) is 7.92. The number of ether oxygens (including phenoxy) is 2. The largest absolute Gasteiger partial charge is 0.481 e. The number of piperidine rings is 1. The Bertz CT molecular complexity index is 1210. The van der Waals surface area contributed by atoms with E-state index < -0.39 is 0 Å². The van der Waals surface area contributed by atoms with E-state index in [9.17, 15) is 4.79 Å². The van der Waals surface area contributed by atoms with Gasteiger partial charge in [-0.05, 0) is 18.9 Å². The van der Waals surface area contributed by atoms with Crippen LogP contribution in [0.1, 0.15) is 47.5 Å². The highest BCUT2D eigenvalue weighted by molar-refractivity contribution is 7.10. The molecule has 1 saturated heterocycles. The third-order valence-electron chi connectivity index (χ3n) is 6.08. The summed E-state index contributed by atoms with van der Waals surface area (Å²) in [5.41, 5.74) is 2.63. The number of likely N-dealkylation sites (tertiary alicyclic amines) is 1. The van der Waals surface area contributed by atoms with E-state index >= 15 is 0 Å². The molecular weight excluding hydrogens is 490 g/mol. The van der Waals surface area contributed by atoms with Gasteiger partial charge in [-0.2, -0.15) is 9.97 Å². The molecule has 2 aromatic heterocycles.